The summed E-state index contributed by atoms with van der Waals surface area (Å²) in [6.45, 7) is 3.15. The van der Waals surface area contributed by atoms with E-state index in [-0.39, 0.29) is 19.0 Å². The Labute approximate surface area is 110 Å². The second-order valence-electron chi connectivity index (χ2n) is 3.10. The molecule has 0 aromatic carbocycles. The largest absolute Gasteiger partial charge is 0.294 e. The Bertz CT molecular complexity index is 397. The maximum absolute atomic E-state index is 10.5. The topological polar surface area (TPSA) is 34.1 Å². The molecule has 0 amide bonds. The smallest absolute Gasteiger partial charge is 0.169 e. The van der Waals surface area contributed by atoms with Crippen LogP contribution in [0.2, 0.25) is 0 Å². The standard InChI is InChI=1S/2C6H6OS.CH4/c1-5(7)6-2-3-8-4-6;1-5(7)6-3-2-4-8-6;/h2*2-4H,1H3;1H4. The molecule has 2 aromatic rings. The Morgan fingerprint density at radius 2 is 1.76 bits per heavy atom. The molecule has 0 saturated heterocycles. The van der Waals surface area contributed by atoms with E-state index in [9.17, 15) is 9.59 Å². The molecule has 0 bridgehead atoms. The normalized spacial score (nSPS) is 8.59. The Balaban J connectivity index is 0.000000284. The van der Waals surface area contributed by atoms with Gasteiger partial charge in [-0.1, -0.05) is 13.5 Å². The van der Waals surface area contributed by atoms with Crippen LogP contribution >= 0.6 is 22.7 Å². The third kappa shape index (κ3) is 5.56. The molecule has 0 aliphatic carbocycles. The van der Waals surface area contributed by atoms with Gasteiger partial charge in [0.25, 0.3) is 0 Å². The van der Waals surface area contributed by atoms with E-state index >= 15 is 0 Å². The average Bonchev–Trinajstić information content (AvgIpc) is 2.93. The molecule has 0 aliphatic rings. The van der Waals surface area contributed by atoms with Gasteiger partial charge in [-0.05, 0) is 36.7 Å². The first-order chi connectivity index (χ1) is 7.61. The van der Waals surface area contributed by atoms with Crippen molar-refractivity contribution < 1.29 is 9.59 Å². The van der Waals surface area contributed by atoms with Crippen molar-refractivity contribution in [1.29, 1.82) is 0 Å². The number of carbonyl (C=O) groups is 2. The van der Waals surface area contributed by atoms with Crippen molar-refractivity contribution in [2.24, 2.45) is 0 Å². The fourth-order valence-corrected chi connectivity index (χ4v) is 2.27. The van der Waals surface area contributed by atoms with Crippen molar-refractivity contribution in [1.82, 2.24) is 0 Å². The van der Waals surface area contributed by atoms with Gasteiger partial charge >= 0.3 is 0 Å². The maximum atomic E-state index is 10.5. The number of thiophene rings is 2. The second-order valence-corrected chi connectivity index (χ2v) is 4.83. The lowest BCUT2D eigenvalue weighted by Crippen LogP contribution is -1.85. The Hall–Kier alpha value is -1.26. The highest BCUT2D eigenvalue weighted by Gasteiger charge is 1.95. The molecule has 17 heavy (non-hydrogen) atoms. The molecule has 0 fully saturated rings. The van der Waals surface area contributed by atoms with E-state index in [0.717, 1.165) is 10.4 Å². The van der Waals surface area contributed by atoms with Crippen molar-refractivity contribution in [2.75, 3.05) is 0 Å². The molecule has 0 radical (unpaired) electrons. The van der Waals surface area contributed by atoms with Crippen molar-refractivity contribution in [3.63, 3.8) is 0 Å². The van der Waals surface area contributed by atoms with Crippen molar-refractivity contribution in [3.8, 4) is 0 Å². The zero-order valence-corrected chi connectivity index (χ0v) is 10.7. The van der Waals surface area contributed by atoms with Gasteiger partial charge in [-0.15, -0.1) is 11.3 Å². The SMILES string of the molecule is C.CC(=O)c1cccs1.CC(=O)c1ccsc1. The molecule has 0 spiro atoms. The van der Waals surface area contributed by atoms with Gasteiger partial charge in [0.15, 0.2) is 11.6 Å². The predicted molar refractivity (Wildman–Crippen MR) is 75.4 cm³/mol. The number of hydrogen-bond acceptors (Lipinski definition) is 4. The molecule has 2 aromatic heterocycles. The average molecular weight is 268 g/mol. The molecule has 0 N–H and O–H groups in total. The molecule has 2 rings (SSSR count). The maximum Gasteiger partial charge on any atom is 0.169 e. The Morgan fingerprint density at radius 1 is 1.06 bits per heavy atom. The molecule has 4 heteroatoms. The number of ketones is 2. The fraction of sp³-hybridized carbons (Fsp3) is 0.231. The van der Waals surface area contributed by atoms with Gasteiger partial charge in [-0.25, -0.2) is 0 Å². The van der Waals surface area contributed by atoms with E-state index in [1.165, 1.54) is 11.3 Å². The van der Waals surface area contributed by atoms with Gasteiger partial charge in [-0.3, -0.25) is 9.59 Å². The fourth-order valence-electron chi connectivity index (χ4n) is 0.944. The highest BCUT2D eigenvalue weighted by Crippen LogP contribution is 2.07. The third-order valence-electron chi connectivity index (χ3n) is 1.80. The molecule has 0 unspecified atom stereocenters. The van der Waals surface area contributed by atoms with Crippen molar-refractivity contribution in [3.05, 3.63) is 44.8 Å². The monoisotopic (exact) mass is 268 g/mol. The first-order valence-corrected chi connectivity index (χ1v) is 6.51. The highest BCUT2D eigenvalue weighted by molar-refractivity contribution is 7.12. The summed E-state index contributed by atoms with van der Waals surface area (Å²) in [5, 5.41) is 5.65. The molecule has 0 aliphatic heterocycles. The van der Waals surface area contributed by atoms with Gasteiger partial charge in [0.2, 0.25) is 0 Å². The van der Waals surface area contributed by atoms with E-state index in [0.29, 0.717) is 0 Å². The van der Waals surface area contributed by atoms with Gasteiger partial charge in [0, 0.05) is 10.9 Å². The summed E-state index contributed by atoms with van der Waals surface area (Å²) in [4.78, 5) is 21.9. The molecular formula is C13H16O2S2. The van der Waals surface area contributed by atoms with Gasteiger partial charge < -0.3 is 0 Å². The van der Waals surface area contributed by atoms with Crippen LogP contribution in [0, 0.1) is 0 Å². The molecule has 0 atom stereocenters. The number of carbonyl (C=O) groups excluding carboxylic acids is 2. The Morgan fingerprint density at radius 3 is 2.00 bits per heavy atom. The van der Waals surface area contributed by atoms with E-state index < -0.39 is 0 Å². The minimum absolute atomic E-state index is 0. The van der Waals surface area contributed by atoms with E-state index in [4.69, 9.17) is 0 Å². The van der Waals surface area contributed by atoms with E-state index in [1.54, 1.807) is 25.2 Å². The minimum Gasteiger partial charge on any atom is -0.294 e. The minimum atomic E-state index is 0. The first kappa shape index (κ1) is 15.7. The number of rotatable bonds is 2. The Kier molecular flexibility index (Phi) is 7.34. The molecular weight excluding hydrogens is 252 g/mol. The zero-order valence-electron chi connectivity index (χ0n) is 9.10. The summed E-state index contributed by atoms with van der Waals surface area (Å²) in [6, 6.07) is 5.53. The lowest BCUT2D eigenvalue weighted by Gasteiger charge is -1.79. The van der Waals surface area contributed by atoms with Crippen LogP contribution in [0.4, 0.5) is 0 Å². The van der Waals surface area contributed by atoms with Crippen molar-refractivity contribution >= 4 is 34.2 Å². The number of Topliss-reactive ketones (excluding diaryl/α,β-unsaturated/α-hetero) is 2. The van der Waals surface area contributed by atoms with Crippen LogP contribution in [-0.4, -0.2) is 11.6 Å². The lowest BCUT2D eigenvalue weighted by molar-refractivity contribution is 0.101. The zero-order chi connectivity index (χ0) is 12.0. The second kappa shape index (κ2) is 7.92. The summed E-state index contributed by atoms with van der Waals surface area (Å²) in [5.41, 5.74) is 0.815. The van der Waals surface area contributed by atoms with E-state index in [2.05, 4.69) is 0 Å². The lowest BCUT2D eigenvalue weighted by atomic mass is 10.2. The summed E-state index contributed by atoms with van der Waals surface area (Å²) in [7, 11) is 0. The van der Waals surface area contributed by atoms with Crippen LogP contribution in [0.3, 0.4) is 0 Å². The first-order valence-electron chi connectivity index (χ1n) is 4.69. The van der Waals surface area contributed by atoms with Crippen LogP contribution in [0.1, 0.15) is 41.3 Å². The van der Waals surface area contributed by atoms with Gasteiger partial charge in [0.1, 0.15) is 0 Å². The summed E-state index contributed by atoms with van der Waals surface area (Å²) >= 11 is 3.03. The van der Waals surface area contributed by atoms with Crippen LogP contribution in [0.25, 0.3) is 0 Å². The third-order valence-corrected chi connectivity index (χ3v) is 3.45. The highest BCUT2D eigenvalue weighted by atomic mass is 32.1. The predicted octanol–water partition coefficient (Wildman–Crippen LogP) is 4.54. The molecule has 92 valence electrons. The van der Waals surface area contributed by atoms with Crippen LogP contribution in [0.15, 0.2) is 34.3 Å². The van der Waals surface area contributed by atoms with Crippen LogP contribution < -0.4 is 0 Å². The van der Waals surface area contributed by atoms with Gasteiger partial charge in [0.05, 0.1) is 4.88 Å². The summed E-state index contributed by atoms with van der Waals surface area (Å²) in [5.74, 6) is 0.297. The van der Waals surface area contributed by atoms with Gasteiger partial charge in [-0.2, -0.15) is 11.3 Å². The summed E-state index contributed by atoms with van der Waals surface area (Å²) in [6.07, 6.45) is 0. The number of hydrogen-bond donors (Lipinski definition) is 0. The van der Waals surface area contributed by atoms with Crippen LogP contribution in [0.5, 0.6) is 0 Å². The van der Waals surface area contributed by atoms with Crippen LogP contribution in [-0.2, 0) is 0 Å². The quantitative estimate of drug-likeness (QED) is 0.749. The molecule has 2 heterocycles. The summed E-state index contributed by atoms with van der Waals surface area (Å²) < 4.78 is 0. The molecule has 0 saturated carbocycles. The molecule has 2 nitrogen and oxygen atoms in total. The van der Waals surface area contributed by atoms with E-state index in [1.807, 2.05) is 34.3 Å². The van der Waals surface area contributed by atoms with Crippen molar-refractivity contribution in [2.45, 2.75) is 21.3 Å².